The molecule has 0 spiro atoms. The maximum Gasteiger partial charge on any atom is 0.185 e. The van der Waals surface area contributed by atoms with Gasteiger partial charge in [0, 0.05) is 12.6 Å². The van der Waals surface area contributed by atoms with Crippen LogP contribution in [0.4, 0.5) is 4.39 Å². The monoisotopic (exact) mass is 354 g/mol. The fourth-order valence-corrected chi connectivity index (χ4v) is 3.00. The first-order valence-corrected chi connectivity index (χ1v) is 8.71. The van der Waals surface area contributed by atoms with Crippen molar-refractivity contribution in [2.75, 3.05) is 0 Å². The summed E-state index contributed by atoms with van der Waals surface area (Å²) < 4.78 is 12.8. The largest absolute Gasteiger partial charge is 0.358 e. The van der Waals surface area contributed by atoms with E-state index in [0.29, 0.717) is 28.7 Å². The molecule has 4 N–H and O–H groups in total. The molecule has 0 unspecified atom stereocenters. The molecule has 4 nitrogen and oxygen atoms in total. The third kappa shape index (κ3) is 6.27. The van der Waals surface area contributed by atoms with Crippen molar-refractivity contribution >= 4 is 34.7 Å². The smallest absolute Gasteiger partial charge is 0.185 e. The van der Waals surface area contributed by atoms with Crippen LogP contribution in [-0.2, 0) is 6.54 Å². The summed E-state index contributed by atoms with van der Waals surface area (Å²) in [6.45, 7) is 2.77. The van der Waals surface area contributed by atoms with Crippen molar-refractivity contribution in [3.63, 3.8) is 0 Å². The van der Waals surface area contributed by atoms with Gasteiger partial charge in [0.15, 0.2) is 10.2 Å². The highest BCUT2D eigenvalue weighted by Crippen LogP contribution is 2.23. The summed E-state index contributed by atoms with van der Waals surface area (Å²) in [6.07, 6.45) is 4.94. The van der Waals surface area contributed by atoms with Crippen LogP contribution < -0.4 is 21.5 Å². The normalized spacial score (nSPS) is 20.4. The van der Waals surface area contributed by atoms with Gasteiger partial charge in [-0.3, -0.25) is 10.9 Å². The predicted octanol–water partition coefficient (Wildman–Crippen LogP) is 2.75. The van der Waals surface area contributed by atoms with E-state index < -0.39 is 0 Å². The van der Waals surface area contributed by atoms with Crippen molar-refractivity contribution in [2.45, 2.75) is 45.2 Å². The minimum Gasteiger partial charge on any atom is -0.358 e. The fraction of sp³-hybridized carbons (Fsp3) is 0.500. The molecule has 1 aliphatic carbocycles. The molecule has 1 aromatic carbocycles. The molecule has 0 bridgehead atoms. The first-order chi connectivity index (χ1) is 11.0. The summed E-state index contributed by atoms with van der Waals surface area (Å²) in [5.41, 5.74) is 6.71. The number of hydrazine groups is 1. The topological polar surface area (TPSA) is 48.1 Å². The number of hydrogen-bond acceptors (Lipinski definition) is 2. The van der Waals surface area contributed by atoms with Gasteiger partial charge in [0.05, 0.1) is 0 Å². The SMILES string of the molecule is C[C@@H]1CCCC[C@@H]1NC(=S)NNC(=S)NCc1ccc(F)cc1. The lowest BCUT2D eigenvalue weighted by Gasteiger charge is -2.30. The maximum absolute atomic E-state index is 12.8. The molecule has 2 rings (SSSR count). The molecule has 0 saturated heterocycles. The molecular formula is C16H23FN4S2. The predicted molar refractivity (Wildman–Crippen MR) is 99.3 cm³/mol. The van der Waals surface area contributed by atoms with E-state index in [1.165, 1.54) is 31.4 Å². The van der Waals surface area contributed by atoms with Crippen LogP contribution in [0.3, 0.4) is 0 Å². The summed E-state index contributed by atoms with van der Waals surface area (Å²) in [5.74, 6) is 0.386. The van der Waals surface area contributed by atoms with Crippen molar-refractivity contribution in [1.82, 2.24) is 21.5 Å². The number of halogens is 1. The molecule has 23 heavy (non-hydrogen) atoms. The zero-order valence-corrected chi connectivity index (χ0v) is 14.8. The van der Waals surface area contributed by atoms with Crippen LogP contribution in [0.2, 0.25) is 0 Å². The maximum atomic E-state index is 12.8. The molecule has 0 heterocycles. The van der Waals surface area contributed by atoms with Crippen molar-refractivity contribution in [2.24, 2.45) is 5.92 Å². The van der Waals surface area contributed by atoms with Crippen LogP contribution in [0.5, 0.6) is 0 Å². The van der Waals surface area contributed by atoms with Gasteiger partial charge >= 0.3 is 0 Å². The number of nitrogens with one attached hydrogen (secondary N) is 4. The Morgan fingerprint density at radius 1 is 1.09 bits per heavy atom. The van der Waals surface area contributed by atoms with Crippen LogP contribution >= 0.6 is 24.4 Å². The van der Waals surface area contributed by atoms with Crippen molar-refractivity contribution in [3.8, 4) is 0 Å². The third-order valence-corrected chi connectivity index (χ3v) is 4.55. The van der Waals surface area contributed by atoms with Crippen molar-refractivity contribution in [1.29, 1.82) is 0 Å². The average Bonchev–Trinajstić information content (AvgIpc) is 2.54. The van der Waals surface area contributed by atoms with Gasteiger partial charge in [-0.1, -0.05) is 31.9 Å². The summed E-state index contributed by atoms with van der Waals surface area (Å²) in [6, 6.07) is 6.71. The highest BCUT2D eigenvalue weighted by atomic mass is 32.1. The zero-order valence-electron chi connectivity index (χ0n) is 13.2. The third-order valence-electron chi connectivity index (χ3n) is 4.08. The Morgan fingerprint density at radius 3 is 2.43 bits per heavy atom. The van der Waals surface area contributed by atoms with Gasteiger partial charge in [0.2, 0.25) is 0 Å². The van der Waals surface area contributed by atoms with Crippen molar-refractivity contribution < 1.29 is 4.39 Å². The molecular weight excluding hydrogens is 331 g/mol. The van der Waals surface area contributed by atoms with Gasteiger partial charge in [-0.05, 0) is 60.9 Å². The van der Waals surface area contributed by atoms with E-state index in [1.54, 1.807) is 12.1 Å². The van der Waals surface area contributed by atoms with E-state index in [4.69, 9.17) is 24.4 Å². The van der Waals surface area contributed by atoms with Gasteiger partial charge in [0.25, 0.3) is 0 Å². The Bertz CT molecular complexity index is 535. The fourth-order valence-electron chi connectivity index (χ4n) is 2.68. The highest BCUT2D eigenvalue weighted by molar-refractivity contribution is 7.80. The Balaban J connectivity index is 1.65. The van der Waals surface area contributed by atoms with Crippen LogP contribution in [0.15, 0.2) is 24.3 Å². The number of rotatable bonds is 3. The Hall–Kier alpha value is -1.47. The number of thiocarbonyl (C=S) groups is 2. The van der Waals surface area contributed by atoms with Gasteiger partial charge in [-0.15, -0.1) is 0 Å². The molecule has 0 aliphatic heterocycles. The van der Waals surface area contributed by atoms with Crippen LogP contribution in [0, 0.1) is 11.7 Å². The molecule has 0 aromatic heterocycles. The second-order valence-electron chi connectivity index (χ2n) is 5.90. The highest BCUT2D eigenvalue weighted by Gasteiger charge is 2.21. The van der Waals surface area contributed by atoms with Gasteiger partial charge in [0.1, 0.15) is 5.82 Å². The number of hydrogen-bond donors (Lipinski definition) is 4. The lowest BCUT2D eigenvalue weighted by atomic mass is 9.86. The minimum absolute atomic E-state index is 0.246. The van der Waals surface area contributed by atoms with E-state index in [2.05, 4.69) is 28.4 Å². The van der Waals surface area contributed by atoms with Crippen LogP contribution in [0.1, 0.15) is 38.2 Å². The van der Waals surface area contributed by atoms with E-state index in [9.17, 15) is 4.39 Å². The molecule has 2 atom stereocenters. The summed E-state index contributed by atoms with van der Waals surface area (Å²) in [7, 11) is 0. The standard InChI is InChI=1S/C16H23FN4S2/c1-11-4-2-3-5-14(11)19-16(23)21-20-15(22)18-10-12-6-8-13(17)9-7-12/h6-9,11,14H,2-5,10H2,1H3,(H2,18,20,22)(H2,19,21,23)/t11-,14+/m1/s1. The lowest BCUT2D eigenvalue weighted by Crippen LogP contribution is -2.53. The Kier molecular flexibility index (Phi) is 6.98. The average molecular weight is 355 g/mol. The first-order valence-electron chi connectivity index (χ1n) is 7.89. The molecule has 0 radical (unpaired) electrons. The lowest BCUT2D eigenvalue weighted by molar-refractivity contribution is 0.308. The van der Waals surface area contributed by atoms with E-state index in [1.807, 2.05) is 0 Å². The molecule has 7 heteroatoms. The molecule has 1 fully saturated rings. The molecule has 1 saturated carbocycles. The Labute approximate surface area is 147 Å². The zero-order chi connectivity index (χ0) is 16.7. The summed E-state index contributed by atoms with van der Waals surface area (Å²) in [4.78, 5) is 0. The second-order valence-corrected chi connectivity index (χ2v) is 6.72. The quantitative estimate of drug-likeness (QED) is 0.495. The van der Waals surface area contributed by atoms with E-state index in [0.717, 1.165) is 12.0 Å². The Morgan fingerprint density at radius 2 is 1.74 bits per heavy atom. The molecule has 1 aliphatic rings. The molecule has 0 amide bonds. The minimum atomic E-state index is -0.246. The van der Waals surface area contributed by atoms with Gasteiger partial charge in [-0.2, -0.15) is 0 Å². The van der Waals surface area contributed by atoms with Crippen molar-refractivity contribution in [3.05, 3.63) is 35.6 Å². The van der Waals surface area contributed by atoms with Crippen LogP contribution in [-0.4, -0.2) is 16.3 Å². The first kappa shape index (κ1) is 17.9. The second kappa shape index (κ2) is 8.98. The van der Waals surface area contributed by atoms with Gasteiger partial charge < -0.3 is 10.6 Å². The van der Waals surface area contributed by atoms with E-state index >= 15 is 0 Å². The summed E-state index contributed by atoms with van der Waals surface area (Å²) in [5, 5.41) is 7.36. The molecule has 126 valence electrons. The van der Waals surface area contributed by atoms with Gasteiger partial charge in [-0.25, -0.2) is 4.39 Å². The van der Waals surface area contributed by atoms with E-state index in [-0.39, 0.29) is 5.82 Å². The number of benzene rings is 1. The summed E-state index contributed by atoms with van der Waals surface area (Å²) >= 11 is 10.5. The molecule has 1 aromatic rings. The van der Waals surface area contributed by atoms with Crippen LogP contribution in [0.25, 0.3) is 0 Å².